The van der Waals surface area contributed by atoms with Crippen LogP contribution in [0.1, 0.15) is 37.3 Å². The first-order chi connectivity index (χ1) is 7.78. The standard InChI is InChI=1S/C15H21N/c1-3-13(11-16-15-8-9-15)10-14-6-4-12(2)5-7-14/h4-7,10,15-16H,3,8-9,11H2,1-2H3. The summed E-state index contributed by atoms with van der Waals surface area (Å²) in [5, 5.41) is 3.57. The van der Waals surface area contributed by atoms with Gasteiger partial charge >= 0.3 is 0 Å². The molecule has 0 heterocycles. The van der Waals surface area contributed by atoms with E-state index < -0.39 is 0 Å². The van der Waals surface area contributed by atoms with E-state index in [1.165, 1.54) is 29.5 Å². The molecule has 0 bridgehead atoms. The van der Waals surface area contributed by atoms with Crippen molar-refractivity contribution >= 4 is 6.08 Å². The van der Waals surface area contributed by atoms with Crippen LogP contribution in [0.15, 0.2) is 29.8 Å². The first-order valence-electron chi connectivity index (χ1n) is 6.27. The summed E-state index contributed by atoms with van der Waals surface area (Å²) in [4.78, 5) is 0. The van der Waals surface area contributed by atoms with Gasteiger partial charge < -0.3 is 5.32 Å². The third-order valence-electron chi connectivity index (χ3n) is 3.10. The number of hydrogen-bond acceptors (Lipinski definition) is 1. The lowest BCUT2D eigenvalue weighted by Gasteiger charge is -2.06. The van der Waals surface area contributed by atoms with Crippen molar-refractivity contribution in [1.29, 1.82) is 0 Å². The quantitative estimate of drug-likeness (QED) is 0.792. The van der Waals surface area contributed by atoms with E-state index in [9.17, 15) is 0 Å². The van der Waals surface area contributed by atoms with Crippen LogP contribution in [0.2, 0.25) is 0 Å². The van der Waals surface area contributed by atoms with E-state index in [-0.39, 0.29) is 0 Å². The Morgan fingerprint density at radius 1 is 1.31 bits per heavy atom. The molecule has 0 unspecified atom stereocenters. The average Bonchev–Trinajstić information content (AvgIpc) is 3.11. The second-order valence-electron chi connectivity index (χ2n) is 4.72. The van der Waals surface area contributed by atoms with E-state index in [4.69, 9.17) is 0 Å². The second kappa shape index (κ2) is 5.31. The van der Waals surface area contributed by atoms with Gasteiger partial charge in [-0.1, -0.05) is 48.4 Å². The summed E-state index contributed by atoms with van der Waals surface area (Å²) in [5.41, 5.74) is 4.14. The summed E-state index contributed by atoms with van der Waals surface area (Å²) in [6.45, 7) is 5.41. The van der Waals surface area contributed by atoms with Crippen LogP contribution >= 0.6 is 0 Å². The Balaban J connectivity index is 1.97. The molecule has 0 saturated heterocycles. The van der Waals surface area contributed by atoms with Gasteiger partial charge in [0, 0.05) is 12.6 Å². The number of nitrogens with one attached hydrogen (secondary N) is 1. The lowest BCUT2D eigenvalue weighted by atomic mass is 10.1. The molecular weight excluding hydrogens is 194 g/mol. The van der Waals surface area contributed by atoms with Gasteiger partial charge in [0.25, 0.3) is 0 Å². The van der Waals surface area contributed by atoms with Crippen molar-refractivity contribution < 1.29 is 0 Å². The number of benzene rings is 1. The molecule has 0 spiro atoms. The molecule has 1 fully saturated rings. The highest BCUT2D eigenvalue weighted by Gasteiger charge is 2.19. The molecule has 1 aliphatic carbocycles. The van der Waals surface area contributed by atoms with Crippen LogP contribution in [0.3, 0.4) is 0 Å². The van der Waals surface area contributed by atoms with Crippen LogP contribution in [-0.4, -0.2) is 12.6 Å². The SMILES string of the molecule is CCC(=Cc1ccc(C)cc1)CNC1CC1. The second-order valence-corrected chi connectivity index (χ2v) is 4.72. The Morgan fingerprint density at radius 2 is 2.00 bits per heavy atom. The van der Waals surface area contributed by atoms with Gasteiger partial charge in [-0.3, -0.25) is 0 Å². The Kier molecular flexibility index (Phi) is 3.79. The van der Waals surface area contributed by atoms with Crippen LogP contribution in [0.5, 0.6) is 0 Å². The minimum atomic E-state index is 0.799. The van der Waals surface area contributed by atoms with Crippen molar-refractivity contribution in [3.8, 4) is 0 Å². The van der Waals surface area contributed by atoms with Gasteiger partial charge in [0.2, 0.25) is 0 Å². The van der Waals surface area contributed by atoms with Gasteiger partial charge in [0.15, 0.2) is 0 Å². The van der Waals surface area contributed by atoms with Crippen LogP contribution in [0, 0.1) is 6.92 Å². The van der Waals surface area contributed by atoms with Crippen LogP contribution in [0.4, 0.5) is 0 Å². The topological polar surface area (TPSA) is 12.0 Å². The van der Waals surface area contributed by atoms with E-state index in [0.717, 1.165) is 19.0 Å². The fraction of sp³-hybridized carbons (Fsp3) is 0.467. The van der Waals surface area contributed by atoms with E-state index in [0.29, 0.717) is 0 Å². The fourth-order valence-electron chi connectivity index (χ4n) is 1.74. The van der Waals surface area contributed by atoms with Crippen molar-refractivity contribution in [2.24, 2.45) is 0 Å². The molecule has 0 atom stereocenters. The monoisotopic (exact) mass is 215 g/mol. The molecule has 86 valence electrons. The number of rotatable bonds is 5. The first kappa shape index (κ1) is 11.4. The Labute approximate surface area is 98.6 Å². The summed E-state index contributed by atoms with van der Waals surface area (Å²) in [7, 11) is 0. The summed E-state index contributed by atoms with van der Waals surface area (Å²) in [5.74, 6) is 0. The predicted octanol–water partition coefficient (Wildman–Crippen LogP) is 3.54. The van der Waals surface area contributed by atoms with E-state index in [1.54, 1.807) is 0 Å². The van der Waals surface area contributed by atoms with Crippen molar-refractivity contribution in [2.45, 2.75) is 39.2 Å². The highest BCUT2D eigenvalue weighted by atomic mass is 14.9. The molecule has 0 aliphatic heterocycles. The lowest BCUT2D eigenvalue weighted by Crippen LogP contribution is -2.18. The van der Waals surface area contributed by atoms with Crippen LogP contribution in [0.25, 0.3) is 6.08 Å². The molecule has 16 heavy (non-hydrogen) atoms. The minimum Gasteiger partial charge on any atom is -0.310 e. The molecule has 0 amide bonds. The Hall–Kier alpha value is -1.08. The van der Waals surface area contributed by atoms with Crippen LogP contribution in [-0.2, 0) is 0 Å². The highest BCUT2D eigenvalue weighted by molar-refractivity contribution is 5.53. The fourth-order valence-corrected chi connectivity index (χ4v) is 1.74. The summed E-state index contributed by atoms with van der Waals surface area (Å²) < 4.78 is 0. The molecule has 1 aliphatic rings. The molecular formula is C15H21N. The Morgan fingerprint density at radius 3 is 2.56 bits per heavy atom. The average molecular weight is 215 g/mol. The summed E-state index contributed by atoms with van der Waals surface area (Å²) in [6.07, 6.45) is 6.17. The van der Waals surface area contributed by atoms with E-state index in [1.807, 2.05) is 0 Å². The maximum atomic E-state index is 3.57. The summed E-state index contributed by atoms with van der Waals surface area (Å²) >= 11 is 0. The van der Waals surface area contributed by atoms with Crippen LogP contribution < -0.4 is 5.32 Å². The molecule has 0 aromatic heterocycles. The third kappa shape index (κ3) is 3.49. The highest BCUT2D eigenvalue weighted by Crippen LogP contribution is 2.19. The van der Waals surface area contributed by atoms with Gasteiger partial charge in [0.05, 0.1) is 0 Å². The normalized spacial score (nSPS) is 16.5. The minimum absolute atomic E-state index is 0.799. The number of hydrogen-bond donors (Lipinski definition) is 1. The van der Waals surface area contributed by atoms with E-state index >= 15 is 0 Å². The predicted molar refractivity (Wildman–Crippen MR) is 70.5 cm³/mol. The van der Waals surface area contributed by atoms with Gasteiger partial charge in [-0.2, -0.15) is 0 Å². The molecule has 1 aromatic carbocycles. The summed E-state index contributed by atoms with van der Waals surface area (Å²) in [6, 6.07) is 9.54. The third-order valence-corrected chi connectivity index (χ3v) is 3.10. The molecule has 1 heteroatoms. The van der Waals surface area contributed by atoms with E-state index in [2.05, 4.69) is 49.5 Å². The molecule has 1 N–H and O–H groups in total. The van der Waals surface area contributed by atoms with Gasteiger partial charge in [-0.25, -0.2) is 0 Å². The van der Waals surface area contributed by atoms with Gasteiger partial charge in [-0.15, -0.1) is 0 Å². The Bertz CT molecular complexity index is 358. The van der Waals surface area contributed by atoms with Gasteiger partial charge in [0.1, 0.15) is 0 Å². The molecule has 0 radical (unpaired) electrons. The smallest absolute Gasteiger partial charge is 0.0170 e. The largest absolute Gasteiger partial charge is 0.310 e. The van der Waals surface area contributed by atoms with Crippen molar-refractivity contribution in [3.63, 3.8) is 0 Å². The maximum absolute atomic E-state index is 3.57. The van der Waals surface area contributed by atoms with Crippen molar-refractivity contribution in [1.82, 2.24) is 5.32 Å². The van der Waals surface area contributed by atoms with Crippen molar-refractivity contribution in [3.05, 3.63) is 41.0 Å². The zero-order valence-electron chi connectivity index (χ0n) is 10.3. The molecule has 1 nitrogen and oxygen atoms in total. The molecule has 2 rings (SSSR count). The molecule has 1 saturated carbocycles. The number of aryl methyl sites for hydroxylation is 1. The zero-order chi connectivity index (χ0) is 11.4. The van der Waals surface area contributed by atoms with Gasteiger partial charge in [-0.05, 0) is 31.7 Å². The molecule has 1 aromatic rings. The zero-order valence-corrected chi connectivity index (χ0v) is 10.3. The maximum Gasteiger partial charge on any atom is 0.0170 e. The first-order valence-corrected chi connectivity index (χ1v) is 6.27. The van der Waals surface area contributed by atoms with Crippen molar-refractivity contribution in [2.75, 3.05) is 6.54 Å². The lowest BCUT2D eigenvalue weighted by molar-refractivity contribution is 0.723.